The van der Waals surface area contributed by atoms with Crippen LogP contribution in [0.5, 0.6) is 5.75 Å². The molecule has 1 saturated heterocycles. The molecule has 1 amide bonds. The molecule has 0 bridgehead atoms. The molecular weight excluding hydrogens is 452 g/mol. The molecule has 0 unspecified atom stereocenters. The van der Waals surface area contributed by atoms with Crippen molar-refractivity contribution in [1.82, 2.24) is 9.21 Å². The van der Waals surface area contributed by atoms with Crippen molar-refractivity contribution >= 4 is 33.2 Å². The fourth-order valence-electron chi connectivity index (χ4n) is 3.20. The first-order chi connectivity index (χ1) is 15.2. The first kappa shape index (κ1) is 23.6. The second-order valence-corrected chi connectivity index (χ2v) is 9.56. The van der Waals surface area contributed by atoms with Crippen LogP contribution in [0, 0.1) is 18.3 Å². The van der Waals surface area contributed by atoms with Crippen LogP contribution in [0.25, 0.3) is 0 Å². The topological polar surface area (TPSA) is 103 Å². The Labute approximate surface area is 192 Å². The number of carbonyl (C=O) groups excluding carboxylic acids is 1. The lowest BCUT2D eigenvalue weighted by Gasteiger charge is -2.33. The molecule has 0 saturated carbocycles. The number of sulfonamides is 1. The molecule has 32 heavy (non-hydrogen) atoms. The van der Waals surface area contributed by atoms with Crippen molar-refractivity contribution in [3.05, 3.63) is 64.8 Å². The van der Waals surface area contributed by atoms with Crippen LogP contribution in [0.3, 0.4) is 0 Å². The number of hydrogen-bond acceptors (Lipinski definition) is 6. The number of ether oxygens (including phenoxy) is 1. The third-order valence-corrected chi connectivity index (χ3v) is 7.23. The van der Waals surface area contributed by atoms with Gasteiger partial charge >= 0.3 is 0 Å². The summed E-state index contributed by atoms with van der Waals surface area (Å²) in [5.41, 5.74) is 1.32. The molecule has 10 heteroatoms. The minimum Gasteiger partial charge on any atom is -0.495 e. The summed E-state index contributed by atoms with van der Waals surface area (Å²) in [4.78, 5) is 14.5. The smallest absolute Gasteiger partial charge is 0.267 e. The van der Waals surface area contributed by atoms with E-state index in [0.717, 1.165) is 5.56 Å². The Morgan fingerprint density at radius 2 is 1.81 bits per heavy atom. The first-order valence-corrected chi connectivity index (χ1v) is 11.6. The zero-order chi connectivity index (χ0) is 23.3. The van der Waals surface area contributed by atoms with Gasteiger partial charge in [0.05, 0.1) is 17.0 Å². The number of carbonyl (C=O) groups is 1. The molecule has 1 N–H and O–H groups in total. The van der Waals surface area contributed by atoms with Gasteiger partial charge in [-0.05, 0) is 37.3 Å². The largest absolute Gasteiger partial charge is 0.495 e. The number of nitriles is 1. The van der Waals surface area contributed by atoms with Gasteiger partial charge in [-0.3, -0.25) is 4.79 Å². The number of amides is 1. The van der Waals surface area contributed by atoms with Crippen molar-refractivity contribution in [3.63, 3.8) is 0 Å². The minimum atomic E-state index is -3.58. The summed E-state index contributed by atoms with van der Waals surface area (Å²) in [6, 6.07) is 13.4. The summed E-state index contributed by atoms with van der Waals surface area (Å²) < 4.78 is 32.1. The van der Waals surface area contributed by atoms with E-state index in [1.165, 1.54) is 23.7 Å². The maximum Gasteiger partial charge on any atom is 0.267 e. The van der Waals surface area contributed by atoms with Gasteiger partial charge < -0.3 is 15.0 Å². The maximum atomic E-state index is 12.8. The van der Waals surface area contributed by atoms with Crippen LogP contribution >= 0.6 is 11.6 Å². The zero-order valence-corrected chi connectivity index (χ0v) is 19.3. The van der Waals surface area contributed by atoms with Gasteiger partial charge in [0.1, 0.15) is 17.4 Å². The van der Waals surface area contributed by atoms with Crippen LogP contribution in [0.4, 0.5) is 5.69 Å². The molecule has 1 fully saturated rings. The average Bonchev–Trinajstić information content (AvgIpc) is 2.78. The molecule has 1 aliphatic rings. The van der Waals surface area contributed by atoms with Crippen molar-refractivity contribution in [2.75, 3.05) is 38.6 Å². The Kier molecular flexibility index (Phi) is 7.40. The summed E-state index contributed by atoms with van der Waals surface area (Å²) in [5.74, 6) is -0.109. The highest BCUT2D eigenvalue weighted by molar-refractivity contribution is 7.89. The van der Waals surface area contributed by atoms with Crippen molar-refractivity contribution in [1.29, 1.82) is 5.26 Å². The highest BCUT2D eigenvalue weighted by atomic mass is 35.5. The fraction of sp³-hybridized carbons (Fsp3) is 0.273. The monoisotopic (exact) mass is 474 g/mol. The van der Waals surface area contributed by atoms with E-state index in [4.69, 9.17) is 16.3 Å². The van der Waals surface area contributed by atoms with E-state index >= 15 is 0 Å². The van der Waals surface area contributed by atoms with E-state index in [1.807, 2.05) is 13.0 Å². The third kappa shape index (κ3) is 5.40. The minimum absolute atomic E-state index is 0.0909. The summed E-state index contributed by atoms with van der Waals surface area (Å²) in [7, 11) is -2.10. The van der Waals surface area contributed by atoms with Gasteiger partial charge in [-0.25, -0.2) is 8.42 Å². The normalized spacial score (nSPS) is 15.2. The summed E-state index contributed by atoms with van der Waals surface area (Å²) >= 11 is 6.07. The quantitative estimate of drug-likeness (QED) is 0.510. The van der Waals surface area contributed by atoms with Gasteiger partial charge in [0.15, 0.2) is 0 Å². The molecule has 2 aromatic carbocycles. The Hall–Kier alpha value is -3.06. The van der Waals surface area contributed by atoms with E-state index < -0.39 is 15.9 Å². The second-order valence-electron chi connectivity index (χ2n) is 7.21. The number of aryl methyl sites for hydroxylation is 1. The van der Waals surface area contributed by atoms with Gasteiger partial charge in [0.25, 0.3) is 5.91 Å². The van der Waals surface area contributed by atoms with Crippen LogP contribution < -0.4 is 10.1 Å². The van der Waals surface area contributed by atoms with E-state index in [2.05, 4.69) is 5.32 Å². The lowest BCUT2D eigenvalue weighted by Crippen LogP contribution is -2.46. The SMILES string of the molecule is COc1ccc(NC(=O)/C(C#N)=C\N2CCN(S(=O)(=O)c3ccc(C)cc3)CC2)cc1Cl. The summed E-state index contributed by atoms with van der Waals surface area (Å²) in [6.07, 6.45) is 1.45. The molecule has 3 rings (SSSR count). The van der Waals surface area contributed by atoms with Gasteiger partial charge in [-0.1, -0.05) is 29.3 Å². The average molecular weight is 475 g/mol. The van der Waals surface area contributed by atoms with Crippen molar-refractivity contribution in [3.8, 4) is 11.8 Å². The second kappa shape index (κ2) is 10.0. The Bertz CT molecular complexity index is 1170. The van der Waals surface area contributed by atoms with E-state index in [0.29, 0.717) is 29.5 Å². The van der Waals surface area contributed by atoms with Gasteiger partial charge in [-0.15, -0.1) is 0 Å². The third-order valence-electron chi connectivity index (χ3n) is 5.02. The highest BCUT2D eigenvalue weighted by Gasteiger charge is 2.28. The molecule has 0 aromatic heterocycles. The molecule has 0 spiro atoms. The summed E-state index contributed by atoms with van der Waals surface area (Å²) in [6.45, 7) is 3.12. The number of methoxy groups -OCH3 is 1. The number of anilines is 1. The number of nitrogens with zero attached hydrogens (tertiary/aromatic N) is 3. The van der Waals surface area contributed by atoms with Crippen molar-refractivity contribution < 1.29 is 17.9 Å². The van der Waals surface area contributed by atoms with Gasteiger partial charge in [0.2, 0.25) is 10.0 Å². The molecule has 1 heterocycles. The number of nitrogens with one attached hydrogen (secondary N) is 1. The summed E-state index contributed by atoms with van der Waals surface area (Å²) in [5, 5.41) is 12.4. The van der Waals surface area contributed by atoms with Gasteiger partial charge in [-0.2, -0.15) is 9.57 Å². The first-order valence-electron chi connectivity index (χ1n) is 9.82. The van der Waals surface area contributed by atoms with E-state index in [1.54, 1.807) is 41.3 Å². The van der Waals surface area contributed by atoms with Crippen molar-refractivity contribution in [2.45, 2.75) is 11.8 Å². The molecule has 8 nitrogen and oxygen atoms in total. The highest BCUT2D eigenvalue weighted by Crippen LogP contribution is 2.27. The zero-order valence-electron chi connectivity index (χ0n) is 17.7. The van der Waals surface area contributed by atoms with Gasteiger partial charge in [0, 0.05) is 38.1 Å². The number of hydrogen-bond donors (Lipinski definition) is 1. The molecule has 168 valence electrons. The number of piperazine rings is 1. The lowest BCUT2D eigenvalue weighted by atomic mass is 10.2. The number of rotatable bonds is 6. The van der Waals surface area contributed by atoms with Crippen LogP contribution in [0.2, 0.25) is 5.02 Å². The Morgan fingerprint density at radius 1 is 1.16 bits per heavy atom. The molecular formula is C22H23ClN4O4S. The Balaban J connectivity index is 1.64. The van der Waals surface area contributed by atoms with E-state index in [-0.39, 0.29) is 23.6 Å². The molecule has 2 aromatic rings. The fourth-order valence-corrected chi connectivity index (χ4v) is 4.88. The predicted molar refractivity (Wildman–Crippen MR) is 122 cm³/mol. The lowest BCUT2D eigenvalue weighted by molar-refractivity contribution is -0.112. The van der Waals surface area contributed by atoms with E-state index in [9.17, 15) is 18.5 Å². The van der Waals surface area contributed by atoms with Crippen LogP contribution in [0.15, 0.2) is 59.1 Å². The standard InChI is InChI=1S/C22H23ClN4O4S/c1-16-3-6-19(7-4-16)32(29,30)27-11-9-26(10-12-27)15-17(14-24)22(28)25-18-5-8-21(31-2)20(23)13-18/h3-8,13,15H,9-12H2,1-2H3,(H,25,28)/b17-15-. The van der Waals surface area contributed by atoms with Crippen molar-refractivity contribution in [2.24, 2.45) is 0 Å². The van der Waals surface area contributed by atoms with Crippen LogP contribution in [-0.4, -0.2) is 56.8 Å². The number of halogens is 1. The molecule has 0 radical (unpaired) electrons. The molecule has 0 atom stereocenters. The predicted octanol–water partition coefficient (Wildman–Crippen LogP) is 3.01. The van der Waals surface area contributed by atoms with Crippen LogP contribution in [0.1, 0.15) is 5.56 Å². The van der Waals surface area contributed by atoms with Crippen LogP contribution in [-0.2, 0) is 14.8 Å². The number of benzene rings is 2. The molecule has 1 aliphatic heterocycles. The maximum absolute atomic E-state index is 12.8. The Morgan fingerprint density at radius 3 is 2.38 bits per heavy atom. The molecule has 0 aliphatic carbocycles.